The molecular formula is C25H31ClN4O4. The number of rotatable bonds is 7. The number of hydroxylamine groups is 1. The first-order valence-corrected chi connectivity index (χ1v) is 12.1. The molecule has 1 fully saturated rings. The van der Waals surface area contributed by atoms with Crippen LogP contribution in [-0.4, -0.2) is 62.1 Å². The molecule has 182 valence electrons. The fraction of sp³-hybridized carbons (Fsp3) is 0.440. The van der Waals surface area contributed by atoms with Gasteiger partial charge in [-0.05, 0) is 56.7 Å². The first kappa shape index (κ1) is 24.3. The van der Waals surface area contributed by atoms with E-state index in [1.54, 1.807) is 13.0 Å². The summed E-state index contributed by atoms with van der Waals surface area (Å²) >= 11 is 6.51. The van der Waals surface area contributed by atoms with Gasteiger partial charge in [0.25, 0.3) is 11.8 Å². The number of hydrogen-bond donors (Lipinski definition) is 1. The number of anilines is 2. The Labute approximate surface area is 205 Å². The molecule has 0 saturated carbocycles. The lowest BCUT2D eigenvalue weighted by atomic mass is 10.1. The van der Waals surface area contributed by atoms with Crippen LogP contribution in [0.3, 0.4) is 0 Å². The summed E-state index contributed by atoms with van der Waals surface area (Å²) in [7, 11) is 0. The molecule has 0 aliphatic carbocycles. The Bertz CT molecular complexity index is 1060. The average molecular weight is 487 g/mol. The van der Waals surface area contributed by atoms with Gasteiger partial charge < -0.3 is 15.0 Å². The van der Waals surface area contributed by atoms with Gasteiger partial charge in [0.2, 0.25) is 0 Å². The minimum atomic E-state index is -0.570. The van der Waals surface area contributed by atoms with Crippen LogP contribution in [0.5, 0.6) is 5.75 Å². The Balaban J connectivity index is 1.39. The predicted octanol–water partition coefficient (Wildman–Crippen LogP) is 3.48. The number of nitrogens with one attached hydrogen (secondary N) is 1. The summed E-state index contributed by atoms with van der Waals surface area (Å²) in [6.45, 7) is 10.6. The largest absolute Gasteiger partial charge is 0.479 e. The van der Waals surface area contributed by atoms with Gasteiger partial charge in [-0.3, -0.25) is 19.3 Å². The van der Waals surface area contributed by atoms with E-state index in [-0.39, 0.29) is 11.8 Å². The van der Waals surface area contributed by atoms with Gasteiger partial charge in [0.15, 0.2) is 6.10 Å². The lowest BCUT2D eigenvalue weighted by Gasteiger charge is -2.37. The van der Waals surface area contributed by atoms with Gasteiger partial charge in [-0.15, -0.1) is 0 Å². The number of benzene rings is 2. The average Bonchev–Trinajstić information content (AvgIpc) is 2.83. The minimum absolute atomic E-state index is 0.115. The van der Waals surface area contributed by atoms with E-state index in [0.717, 1.165) is 44.0 Å². The Morgan fingerprint density at radius 2 is 1.88 bits per heavy atom. The molecule has 2 aromatic rings. The van der Waals surface area contributed by atoms with Crippen molar-refractivity contribution in [1.29, 1.82) is 0 Å². The van der Waals surface area contributed by atoms with E-state index in [1.165, 1.54) is 5.06 Å². The van der Waals surface area contributed by atoms with Crippen molar-refractivity contribution in [3.8, 4) is 5.75 Å². The highest BCUT2D eigenvalue weighted by molar-refractivity contribution is 6.33. The molecule has 0 spiro atoms. The monoisotopic (exact) mass is 486 g/mol. The molecule has 2 aliphatic heterocycles. The van der Waals surface area contributed by atoms with Gasteiger partial charge in [0.05, 0.1) is 17.3 Å². The van der Waals surface area contributed by atoms with Gasteiger partial charge in [-0.25, -0.2) is 0 Å². The van der Waals surface area contributed by atoms with E-state index in [0.29, 0.717) is 35.2 Å². The van der Waals surface area contributed by atoms with Crippen LogP contribution in [-0.2, 0) is 16.2 Å². The zero-order chi connectivity index (χ0) is 24.2. The molecule has 2 amide bonds. The molecule has 0 bridgehead atoms. The highest BCUT2D eigenvalue weighted by Crippen LogP contribution is 2.35. The highest BCUT2D eigenvalue weighted by atomic mass is 35.5. The second kappa shape index (κ2) is 10.6. The lowest BCUT2D eigenvalue weighted by molar-refractivity contribution is -0.133. The fourth-order valence-electron chi connectivity index (χ4n) is 4.28. The number of carbonyl (C=O) groups is 2. The second-order valence-corrected chi connectivity index (χ2v) is 8.81. The van der Waals surface area contributed by atoms with Crippen LogP contribution in [0.2, 0.25) is 5.02 Å². The minimum Gasteiger partial charge on any atom is -0.479 e. The molecule has 2 aromatic carbocycles. The van der Waals surface area contributed by atoms with Gasteiger partial charge in [0, 0.05) is 44.8 Å². The van der Waals surface area contributed by atoms with E-state index in [1.807, 2.05) is 44.2 Å². The number of amides is 2. The van der Waals surface area contributed by atoms with Crippen molar-refractivity contribution in [2.45, 2.75) is 33.4 Å². The van der Waals surface area contributed by atoms with E-state index >= 15 is 0 Å². The van der Waals surface area contributed by atoms with Crippen molar-refractivity contribution < 1.29 is 19.2 Å². The molecule has 9 heteroatoms. The molecule has 1 atom stereocenters. The van der Waals surface area contributed by atoms with Crippen LogP contribution < -0.4 is 20.0 Å². The van der Waals surface area contributed by atoms with Crippen molar-refractivity contribution >= 4 is 34.8 Å². The van der Waals surface area contributed by atoms with Crippen molar-refractivity contribution in [3.05, 3.63) is 52.5 Å². The van der Waals surface area contributed by atoms with Gasteiger partial charge in [-0.2, -0.15) is 5.06 Å². The van der Waals surface area contributed by atoms with Gasteiger partial charge in [0.1, 0.15) is 11.4 Å². The van der Waals surface area contributed by atoms with Crippen LogP contribution in [0.1, 0.15) is 36.7 Å². The maximum atomic E-state index is 12.5. The molecule has 8 nitrogen and oxygen atoms in total. The maximum absolute atomic E-state index is 12.5. The summed E-state index contributed by atoms with van der Waals surface area (Å²) in [5.41, 5.74) is 3.26. The van der Waals surface area contributed by atoms with Gasteiger partial charge >= 0.3 is 0 Å². The summed E-state index contributed by atoms with van der Waals surface area (Å²) in [6, 6.07) is 11.4. The van der Waals surface area contributed by atoms with Crippen LogP contribution in [0.15, 0.2) is 36.4 Å². The van der Waals surface area contributed by atoms with Crippen LogP contribution in [0.4, 0.5) is 11.4 Å². The second-order valence-electron chi connectivity index (χ2n) is 8.40. The zero-order valence-corrected chi connectivity index (χ0v) is 20.6. The number of hydrogen-bond acceptors (Lipinski definition) is 6. The topological polar surface area (TPSA) is 74.4 Å². The van der Waals surface area contributed by atoms with E-state index < -0.39 is 6.10 Å². The zero-order valence-electron chi connectivity index (χ0n) is 19.8. The highest BCUT2D eigenvalue weighted by Gasteiger charge is 2.33. The number of nitrogens with zero attached hydrogens (tertiary/aromatic N) is 3. The molecule has 2 aliphatic rings. The number of ether oxygens (including phenoxy) is 1. The quantitative estimate of drug-likeness (QED) is 0.646. The summed E-state index contributed by atoms with van der Waals surface area (Å²) in [4.78, 5) is 34.8. The molecule has 2 heterocycles. The van der Waals surface area contributed by atoms with Crippen LogP contribution >= 0.6 is 11.6 Å². The van der Waals surface area contributed by atoms with Crippen molar-refractivity contribution in [1.82, 2.24) is 10.2 Å². The summed E-state index contributed by atoms with van der Waals surface area (Å²) < 4.78 is 5.75. The normalized spacial score (nSPS) is 18.5. The number of carbonyl (C=O) groups excluding carboxylic acids is 2. The van der Waals surface area contributed by atoms with Crippen LogP contribution in [0.25, 0.3) is 0 Å². The van der Waals surface area contributed by atoms with Crippen molar-refractivity contribution in [2.24, 2.45) is 0 Å². The first-order chi connectivity index (χ1) is 16.4. The predicted molar refractivity (Wildman–Crippen MR) is 133 cm³/mol. The number of piperazine rings is 1. The summed E-state index contributed by atoms with van der Waals surface area (Å²) in [5, 5.41) is 4.74. The van der Waals surface area contributed by atoms with Crippen molar-refractivity contribution in [3.63, 3.8) is 0 Å². The Kier molecular flexibility index (Phi) is 7.60. The SMILES string of the molecule is CCNC(=O)c1ccc(N2CCN(Cc3ccc4c(c3)N(OCC)C(=O)[C@H](C)O4)CC2)c(Cl)c1. The maximum Gasteiger partial charge on any atom is 0.291 e. The molecular weight excluding hydrogens is 456 g/mol. The third-order valence-corrected chi connectivity index (χ3v) is 6.32. The molecule has 4 rings (SSSR count). The lowest BCUT2D eigenvalue weighted by Crippen LogP contribution is -2.46. The summed E-state index contributed by atoms with van der Waals surface area (Å²) in [5.74, 6) is 0.338. The first-order valence-electron chi connectivity index (χ1n) is 11.7. The third-order valence-electron chi connectivity index (χ3n) is 6.02. The van der Waals surface area contributed by atoms with Crippen molar-refractivity contribution in [2.75, 3.05) is 49.3 Å². The van der Waals surface area contributed by atoms with Gasteiger partial charge in [-0.1, -0.05) is 17.7 Å². The molecule has 1 saturated heterocycles. The number of halogens is 1. The standard InChI is InChI=1S/C25H31ClN4O4/c1-4-27-24(31)19-7-8-21(20(26)15-19)29-12-10-28(11-13-29)16-18-6-9-23-22(14-18)30(33-5-2)25(32)17(3)34-23/h6-9,14-15,17H,4-5,10-13,16H2,1-3H3,(H,27,31)/t17-/m0/s1. The fourth-order valence-corrected chi connectivity index (χ4v) is 4.58. The van der Waals surface area contributed by atoms with E-state index in [2.05, 4.69) is 15.1 Å². The van der Waals surface area contributed by atoms with E-state index in [4.69, 9.17) is 21.2 Å². The molecule has 1 N–H and O–H groups in total. The molecule has 0 unspecified atom stereocenters. The Hall–Kier alpha value is -2.81. The van der Waals surface area contributed by atoms with E-state index in [9.17, 15) is 9.59 Å². The Morgan fingerprint density at radius 3 is 2.56 bits per heavy atom. The third kappa shape index (κ3) is 5.14. The molecule has 0 radical (unpaired) electrons. The Morgan fingerprint density at radius 1 is 1.12 bits per heavy atom. The molecule has 0 aromatic heterocycles. The number of fused-ring (bicyclic) bond motifs is 1. The summed E-state index contributed by atoms with van der Waals surface area (Å²) in [6.07, 6.45) is -0.570. The smallest absolute Gasteiger partial charge is 0.291 e. The molecule has 34 heavy (non-hydrogen) atoms. The van der Waals surface area contributed by atoms with Crippen LogP contribution in [0, 0.1) is 0 Å².